The zero-order valence-corrected chi connectivity index (χ0v) is 11.0. The van der Waals surface area contributed by atoms with Crippen molar-refractivity contribution in [3.05, 3.63) is 51.3 Å². The summed E-state index contributed by atoms with van der Waals surface area (Å²) in [4.78, 5) is 18.3. The minimum Gasteiger partial charge on any atom is -0.424 e. The lowest BCUT2D eigenvalue weighted by molar-refractivity contribution is -0.385. The van der Waals surface area contributed by atoms with Crippen LogP contribution in [0.1, 0.15) is 16.7 Å². The second-order valence-electron chi connectivity index (χ2n) is 4.30. The highest BCUT2D eigenvalue weighted by Crippen LogP contribution is 2.29. The number of ether oxygens (including phenoxy) is 1. The van der Waals surface area contributed by atoms with Gasteiger partial charge in [-0.25, -0.2) is 9.97 Å². The van der Waals surface area contributed by atoms with Gasteiger partial charge < -0.3 is 9.84 Å². The number of aromatic nitrogens is 2. The number of aliphatic hydroxyl groups excluding tert-OH is 1. The van der Waals surface area contributed by atoms with E-state index in [1.165, 1.54) is 18.5 Å². The van der Waals surface area contributed by atoms with Crippen LogP contribution in [0.15, 0.2) is 24.5 Å². The van der Waals surface area contributed by atoms with E-state index in [1.807, 2.05) is 0 Å². The van der Waals surface area contributed by atoms with Gasteiger partial charge >= 0.3 is 6.01 Å². The zero-order valence-electron chi connectivity index (χ0n) is 11.0. The zero-order chi connectivity index (χ0) is 14.7. The molecule has 0 bridgehead atoms. The summed E-state index contributed by atoms with van der Waals surface area (Å²) >= 11 is 0. The maximum Gasteiger partial charge on any atom is 0.321 e. The third-order valence-electron chi connectivity index (χ3n) is 2.76. The summed E-state index contributed by atoms with van der Waals surface area (Å²) in [7, 11) is 0. The quantitative estimate of drug-likeness (QED) is 0.679. The molecule has 104 valence electrons. The van der Waals surface area contributed by atoms with E-state index >= 15 is 0 Å². The van der Waals surface area contributed by atoms with Crippen LogP contribution in [-0.4, -0.2) is 20.0 Å². The normalized spacial score (nSPS) is 10.3. The highest BCUT2D eigenvalue weighted by molar-refractivity contribution is 5.49. The van der Waals surface area contributed by atoms with Crippen molar-refractivity contribution in [3.63, 3.8) is 0 Å². The number of benzene rings is 1. The molecule has 0 aliphatic rings. The van der Waals surface area contributed by atoms with Gasteiger partial charge in [0.1, 0.15) is 5.75 Å². The van der Waals surface area contributed by atoms with Crippen LogP contribution in [0, 0.1) is 24.0 Å². The number of nitrogens with zero attached hydrogens (tertiary/aromatic N) is 3. The van der Waals surface area contributed by atoms with E-state index in [2.05, 4.69) is 9.97 Å². The third-order valence-corrected chi connectivity index (χ3v) is 2.76. The van der Waals surface area contributed by atoms with E-state index in [9.17, 15) is 10.1 Å². The minimum atomic E-state index is -0.432. The SMILES string of the molecule is Cc1cc([N+](=O)[O-])c(C)cc1Oc1ncc(CO)cn1. The summed E-state index contributed by atoms with van der Waals surface area (Å²) in [6.45, 7) is 3.21. The Morgan fingerprint density at radius 1 is 1.25 bits per heavy atom. The molecule has 1 aromatic heterocycles. The second-order valence-corrected chi connectivity index (χ2v) is 4.30. The number of nitro groups is 1. The molecule has 0 spiro atoms. The molecule has 20 heavy (non-hydrogen) atoms. The summed E-state index contributed by atoms with van der Waals surface area (Å²) in [5.74, 6) is 0.463. The summed E-state index contributed by atoms with van der Waals surface area (Å²) in [5, 5.41) is 19.7. The molecule has 1 aromatic carbocycles. The van der Waals surface area contributed by atoms with Crippen molar-refractivity contribution in [1.82, 2.24) is 9.97 Å². The van der Waals surface area contributed by atoms with Crippen LogP contribution < -0.4 is 4.74 Å². The lowest BCUT2D eigenvalue weighted by Crippen LogP contribution is -1.98. The summed E-state index contributed by atoms with van der Waals surface area (Å²) in [5.41, 5.74) is 1.75. The van der Waals surface area contributed by atoms with Crippen LogP contribution in [0.4, 0.5) is 5.69 Å². The third kappa shape index (κ3) is 2.89. The number of hydrogen-bond acceptors (Lipinski definition) is 6. The first-order valence-electron chi connectivity index (χ1n) is 5.86. The van der Waals surface area contributed by atoms with Crippen LogP contribution >= 0.6 is 0 Å². The van der Waals surface area contributed by atoms with Gasteiger partial charge in [-0.2, -0.15) is 0 Å². The molecule has 0 unspecified atom stereocenters. The topological polar surface area (TPSA) is 98.4 Å². The van der Waals surface area contributed by atoms with E-state index in [0.717, 1.165) is 0 Å². The molecule has 2 rings (SSSR count). The van der Waals surface area contributed by atoms with Gasteiger partial charge in [-0.05, 0) is 25.5 Å². The van der Waals surface area contributed by atoms with Crippen LogP contribution in [-0.2, 0) is 6.61 Å². The van der Waals surface area contributed by atoms with Crippen molar-refractivity contribution < 1.29 is 14.8 Å². The molecule has 2 aromatic rings. The molecule has 1 N–H and O–H groups in total. The van der Waals surface area contributed by atoms with Crippen molar-refractivity contribution in [3.8, 4) is 11.8 Å². The lowest BCUT2D eigenvalue weighted by atomic mass is 10.1. The van der Waals surface area contributed by atoms with Crippen molar-refractivity contribution >= 4 is 5.69 Å². The standard InChI is InChI=1S/C13H13N3O4/c1-8-4-12(9(2)3-11(8)16(18)19)20-13-14-5-10(7-17)6-15-13/h3-6,17H,7H2,1-2H3. The molecule has 1 heterocycles. The summed E-state index contributed by atoms with van der Waals surface area (Å²) < 4.78 is 5.50. The fourth-order valence-electron chi connectivity index (χ4n) is 1.66. The molecular weight excluding hydrogens is 262 g/mol. The Hall–Kier alpha value is -2.54. The van der Waals surface area contributed by atoms with Gasteiger partial charge in [0.15, 0.2) is 0 Å². The van der Waals surface area contributed by atoms with Crippen LogP contribution in [0.5, 0.6) is 11.8 Å². The van der Waals surface area contributed by atoms with Crippen molar-refractivity contribution in [1.29, 1.82) is 0 Å². The van der Waals surface area contributed by atoms with E-state index in [-0.39, 0.29) is 18.3 Å². The largest absolute Gasteiger partial charge is 0.424 e. The fourth-order valence-corrected chi connectivity index (χ4v) is 1.66. The van der Waals surface area contributed by atoms with Gasteiger partial charge in [-0.3, -0.25) is 10.1 Å². The molecule has 7 nitrogen and oxygen atoms in total. The molecule has 0 fully saturated rings. The minimum absolute atomic E-state index is 0.0476. The highest BCUT2D eigenvalue weighted by atomic mass is 16.6. The lowest BCUT2D eigenvalue weighted by Gasteiger charge is -2.08. The Balaban J connectivity index is 2.29. The predicted molar refractivity (Wildman–Crippen MR) is 70.6 cm³/mol. The van der Waals surface area contributed by atoms with E-state index < -0.39 is 4.92 Å². The Morgan fingerprint density at radius 2 is 1.90 bits per heavy atom. The van der Waals surface area contributed by atoms with Gasteiger partial charge in [-0.15, -0.1) is 0 Å². The van der Waals surface area contributed by atoms with Crippen LogP contribution in [0.2, 0.25) is 0 Å². The molecule has 0 radical (unpaired) electrons. The average Bonchev–Trinajstić information content (AvgIpc) is 2.43. The Kier molecular flexibility index (Phi) is 3.90. The number of hydrogen-bond donors (Lipinski definition) is 1. The van der Waals surface area contributed by atoms with Gasteiger partial charge in [0.05, 0.1) is 11.5 Å². The van der Waals surface area contributed by atoms with E-state index in [4.69, 9.17) is 9.84 Å². The number of nitro benzene ring substituents is 1. The Labute approximate surface area is 115 Å². The summed E-state index contributed by atoms with van der Waals surface area (Å²) in [6, 6.07) is 3.15. The molecule has 0 aliphatic carbocycles. The van der Waals surface area contributed by atoms with Crippen LogP contribution in [0.25, 0.3) is 0 Å². The van der Waals surface area contributed by atoms with Gasteiger partial charge in [0, 0.05) is 29.6 Å². The molecule has 7 heteroatoms. The first-order chi connectivity index (χ1) is 9.51. The highest BCUT2D eigenvalue weighted by Gasteiger charge is 2.15. The molecule has 0 saturated carbocycles. The first-order valence-corrected chi connectivity index (χ1v) is 5.86. The smallest absolute Gasteiger partial charge is 0.321 e. The average molecular weight is 275 g/mol. The number of rotatable bonds is 4. The molecular formula is C13H13N3O4. The predicted octanol–water partition coefficient (Wildman–Crippen LogP) is 2.29. The Morgan fingerprint density at radius 3 is 2.45 bits per heavy atom. The van der Waals surface area contributed by atoms with E-state index in [1.54, 1.807) is 19.9 Å². The number of aryl methyl sites for hydroxylation is 2. The Bertz CT molecular complexity index is 641. The summed E-state index contributed by atoms with van der Waals surface area (Å²) in [6.07, 6.45) is 2.91. The molecule has 0 saturated heterocycles. The van der Waals surface area contributed by atoms with Crippen LogP contribution in [0.3, 0.4) is 0 Å². The van der Waals surface area contributed by atoms with Crippen molar-refractivity contribution in [2.45, 2.75) is 20.5 Å². The second kappa shape index (κ2) is 5.62. The van der Waals surface area contributed by atoms with Gasteiger partial charge in [-0.1, -0.05) is 0 Å². The number of aliphatic hydroxyl groups is 1. The molecule has 0 amide bonds. The first kappa shape index (κ1) is 13.9. The monoisotopic (exact) mass is 275 g/mol. The van der Waals surface area contributed by atoms with Crippen molar-refractivity contribution in [2.75, 3.05) is 0 Å². The maximum absolute atomic E-state index is 10.8. The maximum atomic E-state index is 10.8. The fraction of sp³-hybridized carbons (Fsp3) is 0.231. The van der Waals surface area contributed by atoms with Crippen molar-refractivity contribution in [2.24, 2.45) is 0 Å². The molecule has 0 atom stereocenters. The van der Waals surface area contributed by atoms with E-state index in [0.29, 0.717) is 22.4 Å². The van der Waals surface area contributed by atoms with Gasteiger partial charge in [0.25, 0.3) is 5.69 Å². The molecule has 0 aliphatic heterocycles. The van der Waals surface area contributed by atoms with Gasteiger partial charge in [0.2, 0.25) is 0 Å².